The normalized spacial score (nSPS) is 15.7. The zero-order valence-corrected chi connectivity index (χ0v) is 17.6. The van der Waals surface area contributed by atoms with Crippen molar-refractivity contribution >= 4 is 0 Å². The molecule has 0 atom stereocenters. The van der Waals surface area contributed by atoms with Crippen LogP contribution in [0.2, 0.25) is 0 Å². The number of hydrogen-bond acceptors (Lipinski definition) is 10. The molecule has 0 aromatic rings. The number of unbranched alkanes of at least 4 members (excludes halogenated alkanes) is 6. The van der Waals surface area contributed by atoms with Gasteiger partial charge in [0.2, 0.25) is 0 Å². The van der Waals surface area contributed by atoms with Crippen molar-refractivity contribution in [1.82, 2.24) is 0 Å². The summed E-state index contributed by atoms with van der Waals surface area (Å²) in [6.45, 7) is 2.33. The summed E-state index contributed by atoms with van der Waals surface area (Å²) in [5, 5.41) is 25.7. The highest BCUT2D eigenvalue weighted by Gasteiger charge is 2.15. The van der Waals surface area contributed by atoms with Crippen LogP contribution in [-0.2, 0) is 49.8 Å². The Morgan fingerprint density at radius 1 is 0.828 bits per heavy atom. The highest BCUT2D eigenvalue weighted by atomic mass is 17.9. The maximum Gasteiger partial charge on any atom is 0.144 e. The molecule has 0 aromatic carbocycles. The Morgan fingerprint density at radius 2 is 1.55 bits per heavy atom. The van der Waals surface area contributed by atoms with Crippen LogP contribution in [0.15, 0.2) is 11.8 Å². The van der Waals surface area contributed by atoms with E-state index >= 15 is 0 Å². The van der Waals surface area contributed by atoms with Crippen LogP contribution in [0, 0.1) is 0 Å². The van der Waals surface area contributed by atoms with Crippen LogP contribution in [-0.4, -0.2) is 19.8 Å². The molecule has 1 rings (SSSR count). The van der Waals surface area contributed by atoms with Crippen LogP contribution >= 0.6 is 0 Å². The fourth-order valence-corrected chi connectivity index (χ4v) is 2.91. The molecule has 0 saturated heterocycles. The molecular weight excluding hydrogens is 388 g/mol. The van der Waals surface area contributed by atoms with Crippen molar-refractivity contribution in [2.75, 3.05) is 13.7 Å². The summed E-state index contributed by atoms with van der Waals surface area (Å²) in [7, 11) is 1.36. The van der Waals surface area contributed by atoms with Gasteiger partial charge in [-0.2, -0.15) is 4.89 Å². The third-order valence-corrected chi connectivity index (χ3v) is 4.46. The van der Waals surface area contributed by atoms with E-state index in [1.54, 1.807) is 0 Å². The minimum atomic E-state index is 0.000358. The molecule has 1 fully saturated rings. The Balaban J connectivity index is 1.97. The van der Waals surface area contributed by atoms with Crippen molar-refractivity contribution in [2.45, 2.75) is 96.5 Å². The van der Waals surface area contributed by atoms with Gasteiger partial charge in [-0.1, -0.05) is 58.3 Å². The van der Waals surface area contributed by atoms with E-state index in [1.165, 1.54) is 45.6 Å². The van der Waals surface area contributed by atoms with Crippen LogP contribution in [0.5, 0.6) is 0 Å². The topological polar surface area (TPSA) is 92.3 Å². The smallest absolute Gasteiger partial charge is 0.144 e. The first-order valence-electron chi connectivity index (χ1n) is 10.5. The lowest BCUT2D eigenvalue weighted by molar-refractivity contribution is -0.792. The van der Waals surface area contributed by atoms with Gasteiger partial charge in [-0.25, -0.2) is 9.78 Å². The Morgan fingerprint density at radius 3 is 2.34 bits per heavy atom. The van der Waals surface area contributed by atoms with Crippen LogP contribution < -0.4 is 0 Å². The van der Waals surface area contributed by atoms with Gasteiger partial charge in [0.15, 0.2) is 0 Å². The van der Waals surface area contributed by atoms with Gasteiger partial charge in [-0.3, -0.25) is 0 Å². The van der Waals surface area contributed by atoms with Crippen molar-refractivity contribution in [2.24, 2.45) is 0 Å². The van der Waals surface area contributed by atoms with Crippen LogP contribution in [0.1, 0.15) is 90.4 Å². The molecule has 1 saturated carbocycles. The summed E-state index contributed by atoms with van der Waals surface area (Å²) in [6, 6.07) is 0. The summed E-state index contributed by atoms with van der Waals surface area (Å²) in [6.07, 6.45) is 15.8. The zero-order chi connectivity index (χ0) is 20.8. The first kappa shape index (κ1) is 26.2. The molecule has 0 bridgehead atoms. The van der Waals surface area contributed by atoms with E-state index in [0.29, 0.717) is 12.2 Å². The zero-order valence-electron chi connectivity index (χ0n) is 17.6. The second-order valence-corrected chi connectivity index (χ2v) is 6.81. The largest absolute Gasteiger partial charge is 0.313 e. The van der Waals surface area contributed by atoms with E-state index in [9.17, 15) is 0 Å². The van der Waals surface area contributed by atoms with E-state index in [1.807, 2.05) is 6.08 Å². The van der Waals surface area contributed by atoms with E-state index in [2.05, 4.69) is 42.0 Å². The minimum absolute atomic E-state index is 0.000358. The molecule has 0 unspecified atom stereocenters. The molecule has 0 aliphatic heterocycles. The SMILES string of the molecule is CCCCCCCCC=C(CCOOOOOOOC1CCCCC1)OOOC. The van der Waals surface area contributed by atoms with Crippen LogP contribution in [0.3, 0.4) is 0 Å². The number of hydrogen-bond donors (Lipinski definition) is 0. The predicted molar refractivity (Wildman–Crippen MR) is 99.2 cm³/mol. The lowest BCUT2D eigenvalue weighted by atomic mass is 9.98. The van der Waals surface area contributed by atoms with Crippen molar-refractivity contribution in [3.63, 3.8) is 0 Å². The van der Waals surface area contributed by atoms with E-state index in [-0.39, 0.29) is 12.7 Å². The molecule has 29 heavy (non-hydrogen) atoms. The maximum atomic E-state index is 5.02. The summed E-state index contributed by atoms with van der Waals surface area (Å²) in [5.74, 6) is 0.561. The van der Waals surface area contributed by atoms with Gasteiger partial charge in [0.25, 0.3) is 0 Å². The quantitative estimate of drug-likeness (QED) is 0.109. The third-order valence-electron chi connectivity index (χ3n) is 4.46. The molecular formula is C19H36O10. The Hall–Kier alpha value is -0.820. The van der Waals surface area contributed by atoms with Gasteiger partial charge in [-0.15, -0.1) is 0 Å². The fraction of sp³-hybridized carbons (Fsp3) is 0.895. The standard InChI is InChI=1S/C19H36O10/c1-3-4-5-6-7-8-10-15-19(22-24-20-2)16-17-21-25-27-29-28-26-23-18-13-11-9-12-14-18/h15,18H,3-14,16-17H2,1-2H3. The molecule has 0 spiro atoms. The van der Waals surface area contributed by atoms with Gasteiger partial charge < -0.3 is 4.89 Å². The molecule has 172 valence electrons. The highest BCUT2D eigenvalue weighted by molar-refractivity contribution is 4.91. The molecule has 0 radical (unpaired) electrons. The van der Waals surface area contributed by atoms with Gasteiger partial charge in [-0.05, 0) is 62.0 Å². The van der Waals surface area contributed by atoms with Crippen molar-refractivity contribution in [3.05, 3.63) is 11.8 Å². The molecule has 0 aromatic heterocycles. The molecule has 1 aliphatic carbocycles. The lowest BCUT2D eigenvalue weighted by Crippen LogP contribution is -2.17. The second-order valence-electron chi connectivity index (χ2n) is 6.81. The Labute approximate surface area is 172 Å². The first-order valence-corrected chi connectivity index (χ1v) is 10.5. The van der Waals surface area contributed by atoms with E-state index in [0.717, 1.165) is 38.5 Å². The van der Waals surface area contributed by atoms with Gasteiger partial charge in [0.05, 0.1) is 19.8 Å². The van der Waals surface area contributed by atoms with E-state index < -0.39 is 0 Å². The van der Waals surface area contributed by atoms with Crippen molar-refractivity contribution in [3.8, 4) is 0 Å². The average Bonchev–Trinajstić information content (AvgIpc) is 2.75. The molecule has 0 heterocycles. The number of allylic oxidation sites excluding steroid dienone is 1. The third kappa shape index (κ3) is 16.6. The number of rotatable bonds is 20. The average molecular weight is 424 g/mol. The summed E-state index contributed by atoms with van der Waals surface area (Å²) in [5.41, 5.74) is 0. The first-order chi connectivity index (χ1) is 14.4. The highest BCUT2D eigenvalue weighted by Crippen LogP contribution is 2.20. The maximum absolute atomic E-state index is 5.02. The summed E-state index contributed by atoms with van der Waals surface area (Å²) >= 11 is 0. The van der Waals surface area contributed by atoms with Crippen LogP contribution in [0.25, 0.3) is 0 Å². The van der Waals surface area contributed by atoms with Gasteiger partial charge in [0.1, 0.15) is 5.76 Å². The minimum Gasteiger partial charge on any atom is -0.313 e. The molecule has 0 amide bonds. The molecule has 10 heteroatoms. The monoisotopic (exact) mass is 424 g/mol. The predicted octanol–water partition coefficient (Wildman–Crippen LogP) is 5.46. The summed E-state index contributed by atoms with van der Waals surface area (Å²) < 4.78 is 0. The Bertz CT molecular complexity index is 374. The molecule has 0 N–H and O–H groups in total. The van der Waals surface area contributed by atoms with Gasteiger partial charge >= 0.3 is 0 Å². The molecule has 1 aliphatic rings. The second kappa shape index (κ2) is 20.5. The van der Waals surface area contributed by atoms with Crippen LogP contribution in [0.4, 0.5) is 0 Å². The Kier molecular flexibility index (Phi) is 18.5. The summed E-state index contributed by atoms with van der Waals surface area (Å²) in [4.78, 5) is 19.2. The van der Waals surface area contributed by atoms with Crippen molar-refractivity contribution in [1.29, 1.82) is 0 Å². The fourth-order valence-electron chi connectivity index (χ4n) is 2.91. The molecule has 10 nitrogen and oxygen atoms in total. The van der Waals surface area contributed by atoms with Crippen molar-refractivity contribution < 1.29 is 49.8 Å². The van der Waals surface area contributed by atoms with Gasteiger partial charge in [0, 0.05) is 6.42 Å². The van der Waals surface area contributed by atoms with E-state index in [4.69, 9.17) is 14.7 Å². The lowest BCUT2D eigenvalue weighted by Gasteiger charge is -2.18.